The molecule has 1 saturated carbocycles. The summed E-state index contributed by atoms with van der Waals surface area (Å²) >= 11 is 2.11. The van der Waals surface area contributed by atoms with Crippen LogP contribution >= 0.6 is 11.8 Å². The third-order valence-corrected chi connectivity index (χ3v) is 6.13. The van der Waals surface area contributed by atoms with Gasteiger partial charge in [-0.2, -0.15) is 11.8 Å². The summed E-state index contributed by atoms with van der Waals surface area (Å²) < 4.78 is 0. The molecular weight excluding hydrogens is 268 g/mol. The van der Waals surface area contributed by atoms with Crippen LogP contribution in [0, 0.1) is 5.92 Å². The number of rotatable bonds is 5. The Labute approximate surface area is 127 Å². The number of amides is 1. The highest BCUT2D eigenvalue weighted by Crippen LogP contribution is 2.28. The molecule has 1 amide bonds. The molecule has 1 aliphatic carbocycles. The number of piperidine rings is 1. The molecular formula is C16H28N2OS. The first-order valence-corrected chi connectivity index (χ1v) is 9.58. The third kappa shape index (κ3) is 4.39. The van der Waals surface area contributed by atoms with E-state index in [0.29, 0.717) is 11.9 Å². The molecule has 0 spiro atoms. The second kappa shape index (κ2) is 7.17. The van der Waals surface area contributed by atoms with Crippen LogP contribution in [0.15, 0.2) is 0 Å². The molecule has 2 saturated heterocycles. The fourth-order valence-electron chi connectivity index (χ4n) is 3.52. The maximum atomic E-state index is 11.7. The van der Waals surface area contributed by atoms with Crippen LogP contribution in [0.5, 0.6) is 0 Å². The Hall–Kier alpha value is -0.220. The van der Waals surface area contributed by atoms with E-state index in [1.165, 1.54) is 63.1 Å². The van der Waals surface area contributed by atoms with Crippen LogP contribution in [-0.2, 0) is 4.79 Å². The monoisotopic (exact) mass is 296 g/mol. The number of likely N-dealkylation sites (tertiary alicyclic amines) is 1. The van der Waals surface area contributed by atoms with Crippen LogP contribution in [0.2, 0.25) is 0 Å². The predicted octanol–water partition coefficient (Wildman–Crippen LogP) is 2.65. The van der Waals surface area contributed by atoms with Crippen molar-refractivity contribution in [3.8, 4) is 0 Å². The highest BCUT2D eigenvalue weighted by atomic mass is 32.2. The average molecular weight is 296 g/mol. The molecule has 0 atom stereocenters. The first-order chi connectivity index (χ1) is 9.81. The van der Waals surface area contributed by atoms with Crippen LogP contribution in [0.1, 0.15) is 51.4 Å². The van der Waals surface area contributed by atoms with E-state index in [1.54, 1.807) is 0 Å². The number of carbonyl (C=O) groups is 1. The lowest BCUT2D eigenvalue weighted by Gasteiger charge is -2.39. The molecule has 0 aromatic heterocycles. The Bertz CT molecular complexity index is 318. The van der Waals surface area contributed by atoms with Gasteiger partial charge in [-0.1, -0.05) is 0 Å². The normalized spacial score (nSPS) is 26.6. The quantitative estimate of drug-likeness (QED) is 0.846. The highest BCUT2D eigenvalue weighted by molar-refractivity contribution is 7.99. The van der Waals surface area contributed by atoms with Gasteiger partial charge in [-0.05, 0) is 75.5 Å². The Kier molecular flexibility index (Phi) is 5.27. The fraction of sp³-hybridized carbons (Fsp3) is 0.938. The lowest BCUT2D eigenvalue weighted by Crippen LogP contribution is -2.43. The Balaban J connectivity index is 1.32. The number of hydrogen-bond donors (Lipinski definition) is 1. The van der Waals surface area contributed by atoms with E-state index in [1.807, 2.05) is 0 Å². The standard InChI is InChI=1S/C16H28N2OS/c19-16(17-14-2-3-14)4-1-13-5-9-18(10-6-13)15-7-11-20-12-8-15/h13-15H,1-12H2,(H,17,19). The topological polar surface area (TPSA) is 32.3 Å². The molecule has 1 N–H and O–H groups in total. The minimum Gasteiger partial charge on any atom is -0.353 e. The molecule has 2 heterocycles. The molecule has 0 unspecified atom stereocenters. The first kappa shape index (κ1) is 14.7. The van der Waals surface area contributed by atoms with E-state index in [2.05, 4.69) is 22.0 Å². The van der Waals surface area contributed by atoms with Gasteiger partial charge in [0.1, 0.15) is 0 Å². The average Bonchev–Trinajstić information content (AvgIpc) is 3.31. The summed E-state index contributed by atoms with van der Waals surface area (Å²) in [5.41, 5.74) is 0. The molecule has 0 aromatic carbocycles. The molecule has 0 bridgehead atoms. The van der Waals surface area contributed by atoms with Gasteiger partial charge in [-0.25, -0.2) is 0 Å². The zero-order valence-corrected chi connectivity index (χ0v) is 13.3. The van der Waals surface area contributed by atoms with E-state index in [4.69, 9.17) is 0 Å². The number of carbonyl (C=O) groups excluding carboxylic acids is 1. The van der Waals surface area contributed by atoms with E-state index in [0.717, 1.165) is 24.8 Å². The van der Waals surface area contributed by atoms with Crippen molar-refractivity contribution in [3.05, 3.63) is 0 Å². The van der Waals surface area contributed by atoms with Gasteiger partial charge in [0.15, 0.2) is 0 Å². The first-order valence-electron chi connectivity index (χ1n) is 8.42. The maximum absolute atomic E-state index is 11.7. The van der Waals surface area contributed by atoms with Gasteiger partial charge in [0.2, 0.25) is 5.91 Å². The molecule has 114 valence electrons. The fourth-order valence-corrected chi connectivity index (χ4v) is 4.60. The second-order valence-corrected chi connectivity index (χ2v) is 7.93. The summed E-state index contributed by atoms with van der Waals surface area (Å²) in [7, 11) is 0. The molecule has 3 nitrogen and oxygen atoms in total. The summed E-state index contributed by atoms with van der Waals surface area (Å²) in [6.07, 6.45) is 9.64. The van der Waals surface area contributed by atoms with Crippen molar-refractivity contribution in [3.63, 3.8) is 0 Å². The van der Waals surface area contributed by atoms with E-state index >= 15 is 0 Å². The molecule has 20 heavy (non-hydrogen) atoms. The SMILES string of the molecule is O=C(CCC1CCN(C2CCSCC2)CC1)NC1CC1. The van der Waals surface area contributed by atoms with Gasteiger partial charge < -0.3 is 10.2 Å². The van der Waals surface area contributed by atoms with Crippen LogP contribution in [0.3, 0.4) is 0 Å². The zero-order valence-electron chi connectivity index (χ0n) is 12.5. The van der Waals surface area contributed by atoms with Crippen LogP contribution in [0.4, 0.5) is 0 Å². The van der Waals surface area contributed by atoms with Crippen molar-refractivity contribution in [1.82, 2.24) is 10.2 Å². The lowest BCUT2D eigenvalue weighted by atomic mass is 9.90. The van der Waals surface area contributed by atoms with Gasteiger partial charge in [-0.3, -0.25) is 4.79 Å². The van der Waals surface area contributed by atoms with Gasteiger partial charge in [-0.15, -0.1) is 0 Å². The van der Waals surface area contributed by atoms with Crippen LogP contribution in [0.25, 0.3) is 0 Å². The zero-order chi connectivity index (χ0) is 13.8. The van der Waals surface area contributed by atoms with Crippen molar-refractivity contribution in [2.24, 2.45) is 5.92 Å². The summed E-state index contributed by atoms with van der Waals surface area (Å²) in [4.78, 5) is 14.4. The smallest absolute Gasteiger partial charge is 0.220 e. The molecule has 0 radical (unpaired) electrons. The van der Waals surface area contributed by atoms with Gasteiger partial charge in [0, 0.05) is 18.5 Å². The van der Waals surface area contributed by atoms with E-state index in [9.17, 15) is 4.79 Å². The summed E-state index contributed by atoms with van der Waals surface area (Å²) in [6, 6.07) is 1.38. The van der Waals surface area contributed by atoms with Gasteiger partial charge in [0.05, 0.1) is 0 Å². The molecule has 2 aliphatic heterocycles. The molecule has 0 aromatic rings. The minimum atomic E-state index is 0.291. The summed E-state index contributed by atoms with van der Waals surface area (Å²) in [5.74, 6) is 3.78. The van der Waals surface area contributed by atoms with Gasteiger partial charge in [0.25, 0.3) is 0 Å². The number of thioether (sulfide) groups is 1. The second-order valence-electron chi connectivity index (χ2n) is 6.70. The lowest BCUT2D eigenvalue weighted by molar-refractivity contribution is -0.121. The molecule has 3 aliphatic rings. The Morgan fingerprint density at radius 3 is 2.40 bits per heavy atom. The summed E-state index contributed by atoms with van der Waals surface area (Å²) in [6.45, 7) is 2.54. The van der Waals surface area contributed by atoms with Crippen molar-refractivity contribution in [1.29, 1.82) is 0 Å². The van der Waals surface area contributed by atoms with Gasteiger partial charge >= 0.3 is 0 Å². The van der Waals surface area contributed by atoms with E-state index < -0.39 is 0 Å². The van der Waals surface area contributed by atoms with Crippen molar-refractivity contribution in [2.75, 3.05) is 24.6 Å². The third-order valence-electron chi connectivity index (χ3n) is 5.08. The Morgan fingerprint density at radius 2 is 1.75 bits per heavy atom. The molecule has 3 rings (SSSR count). The van der Waals surface area contributed by atoms with E-state index in [-0.39, 0.29) is 0 Å². The van der Waals surface area contributed by atoms with Crippen LogP contribution in [-0.4, -0.2) is 47.5 Å². The molecule has 4 heteroatoms. The summed E-state index contributed by atoms with van der Waals surface area (Å²) in [5, 5.41) is 3.10. The molecule has 3 fully saturated rings. The van der Waals surface area contributed by atoms with Crippen molar-refractivity contribution < 1.29 is 4.79 Å². The number of nitrogens with one attached hydrogen (secondary N) is 1. The maximum Gasteiger partial charge on any atom is 0.220 e. The highest BCUT2D eigenvalue weighted by Gasteiger charge is 2.27. The number of nitrogens with zero attached hydrogens (tertiary/aromatic N) is 1. The largest absolute Gasteiger partial charge is 0.353 e. The Morgan fingerprint density at radius 1 is 1.05 bits per heavy atom. The van der Waals surface area contributed by atoms with Crippen molar-refractivity contribution in [2.45, 2.75) is 63.5 Å². The van der Waals surface area contributed by atoms with Crippen molar-refractivity contribution >= 4 is 17.7 Å². The van der Waals surface area contributed by atoms with Crippen LogP contribution < -0.4 is 5.32 Å². The number of hydrogen-bond acceptors (Lipinski definition) is 3. The predicted molar refractivity (Wildman–Crippen MR) is 85.0 cm³/mol. The minimum absolute atomic E-state index is 0.291.